The molecule has 0 aliphatic heterocycles. The van der Waals surface area contributed by atoms with Crippen molar-refractivity contribution in [2.45, 2.75) is 13.8 Å². The molecule has 0 aromatic heterocycles. The summed E-state index contributed by atoms with van der Waals surface area (Å²) in [7, 11) is 0. The van der Waals surface area contributed by atoms with Crippen LogP contribution >= 0.6 is 0 Å². The van der Waals surface area contributed by atoms with E-state index in [4.69, 9.17) is 0 Å². The molecule has 0 aromatic carbocycles. The Bertz CT molecular complexity index is 180. The van der Waals surface area contributed by atoms with Crippen LogP contribution < -0.4 is 0 Å². The number of rotatable bonds is 3. The highest BCUT2D eigenvalue weighted by Gasteiger charge is 1.89. The molecule has 0 aromatic rings. The lowest BCUT2D eigenvalue weighted by molar-refractivity contribution is 1.40. The molecular weight excluding hydrogens is 120 g/mol. The van der Waals surface area contributed by atoms with E-state index in [1.54, 1.807) is 6.08 Å². The van der Waals surface area contributed by atoms with Crippen molar-refractivity contribution in [1.29, 1.82) is 0 Å². The molecule has 0 saturated carbocycles. The molecule has 0 radical (unpaired) electrons. The van der Waals surface area contributed by atoms with Crippen LogP contribution in [-0.2, 0) is 0 Å². The quantitative estimate of drug-likeness (QED) is 0.520. The van der Waals surface area contributed by atoms with Gasteiger partial charge in [0.25, 0.3) is 0 Å². The van der Waals surface area contributed by atoms with E-state index in [0.29, 0.717) is 0 Å². The van der Waals surface area contributed by atoms with Crippen LogP contribution in [0.25, 0.3) is 0 Å². The molecule has 0 bridgehead atoms. The second-order valence-electron chi connectivity index (χ2n) is 2.03. The average molecular weight is 134 g/mol. The fourth-order valence-corrected chi connectivity index (χ4v) is 0.654. The van der Waals surface area contributed by atoms with Crippen molar-refractivity contribution in [2.24, 2.45) is 0 Å². The molecule has 0 heterocycles. The Morgan fingerprint density at radius 1 is 1.30 bits per heavy atom. The second-order valence-corrected chi connectivity index (χ2v) is 2.03. The topological polar surface area (TPSA) is 0 Å². The maximum absolute atomic E-state index is 3.69. The van der Waals surface area contributed by atoms with Gasteiger partial charge in [0.2, 0.25) is 0 Å². The van der Waals surface area contributed by atoms with Gasteiger partial charge in [0.15, 0.2) is 0 Å². The Balaban J connectivity index is 4.51. The second kappa shape index (κ2) is 4.80. The molecular formula is C10H14. The zero-order chi connectivity index (χ0) is 7.98. The maximum Gasteiger partial charge on any atom is -0.0237 e. The molecule has 0 atom stereocenters. The monoisotopic (exact) mass is 134 g/mol. The van der Waals surface area contributed by atoms with Gasteiger partial charge in [0, 0.05) is 0 Å². The predicted molar refractivity (Wildman–Crippen MR) is 47.9 cm³/mol. The summed E-state index contributed by atoms with van der Waals surface area (Å²) in [5.74, 6) is 0. The Morgan fingerprint density at radius 2 is 1.90 bits per heavy atom. The average Bonchev–Trinajstić information content (AvgIpc) is 1.99. The summed E-state index contributed by atoms with van der Waals surface area (Å²) in [6, 6.07) is 0. The molecule has 0 heteroatoms. The molecule has 0 saturated heterocycles. The molecule has 0 aliphatic carbocycles. The van der Waals surface area contributed by atoms with Crippen molar-refractivity contribution in [3.63, 3.8) is 0 Å². The summed E-state index contributed by atoms with van der Waals surface area (Å²) in [5.41, 5.74) is 2.37. The minimum absolute atomic E-state index is 1.14. The van der Waals surface area contributed by atoms with E-state index >= 15 is 0 Å². The van der Waals surface area contributed by atoms with Gasteiger partial charge in [-0.25, -0.2) is 0 Å². The molecule has 10 heavy (non-hydrogen) atoms. The summed E-state index contributed by atoms with van der Waals surface area (Å²) in [6.45, 7) is 11.4. The largest absolute Gasteiger partial charge is 0.0990 e. The molecule has 0 spiro atoms. The van der Waals surface area contributed by atoms with Crippen LogP contribution in [0.2, 0.25) is 0 Å². The van der Waals surface area contributed by atoms with Crippen LogP contribution in [0, 0.1) is 0 Å². The molecule has 0 nitrogen and oxygen atoms in total. The summed E-state index contributed by atoms with van der Waals surface area (Å²) < 4.78 is 0. The lowest BCUT2D eigenvalue weighted by atomic mass is 10.1. The molecule has 0 N–H and O–H groups in total. The lowest BCUT2D eigenvalue weighted by Gasteiger charge is -1.97. The van der Waals surface area contributed by atoms with Gasteiger partial charge in [-0.2, -0.15) is 0 Å². The van der Waals surface area contributed by atoms with E-state index < -0.39 is 0 Å². The first-order valence-corrected chi connectivity index (χ1v) is 3.34. The van der Waals surface area contributed by atoms with E-state index in [9.17, 15) is 0 Å². The van der Waals surface area contributed by atoms with Crippen LogP contribution in [0.5, 0.6) is 0 Å². The fourth-order valence-electron chi connectivity index (χ4n) is 0.654. The standard InChI is InChI=1S/C10H14/c1-5-8-10(7-3)9(4)6-2/h5-8H,1,3H2,2,4H3/b9-6+,10-8+. The third-order valence-corrected chi connectivity index (χ3v) is 1.41. The number of allylic oxidation sites excluding steroid dienone is 6. The zero-order valence-corrected chi connectivity index (χ0v) is 6.72. The Labute approximate surface area is 63.3 Å². The van der Waals surface area contributed by atoms with E-state index in [2.05, 4.69) is 26.2 Å². The molecule has 0 unspecified atom stereocenters. The van der Waals surface area contributed by atoms with Gasteiger partial charge < -0.3 is 0 Å². The Morgan fingerprint density at radius 3 is 2.20 bits per heavy atom. The third-order valence-electron chi connectivity index (χ3n) is 1.41. The molecule has 54 valence electrons. The van der Waals surface area contributed by atoms with E-state index in [1.165, 1.54) is 5.57 Å². The van der Waals surface area contributed by atoms with Crippen LogP contribution in [0.15, 0.2) is 48.6 Å². The fraction of sp³-hybridized carbons (Fsp3) is 0.200. The molecule has 0 amide bonds. The first kappa shape index (κ1) is 8.96. The van der Waals surface area contributed by atoms with Crippen molar-refractivity contribution >= 4 is 0 Å². The normalized spacial score (nSPS) is 13.0. The molecule has 0 fully saturated rings. The van der Waals surface area contributed by atoms with Gasteiger partial charge >= 0.3 is 0 Å². The maximum atomic E-state index is 3.69. The van der Waals surface area contributed by atoms with Crippen molar-refractivity contribution in [1.82, 2.24) is 0 Å². The van der Waals surface area contributed by atoms with Crippen LogP contribution in [0.1, 0.15) is 13.8 Å². The van der Waals surface area contributed by atoms with Gasteiger partial charge in [-0.1, -0.05) is 37.5 Å². The summed E-state index contributed by atoms with van der Waals surface area (Å²) in [6.07, 6.45) is 7.60. The van der Waals surface area contributed by atoms with Crippen molar-refractivity contribution < 1.29 is 0 Å². The first-order valence-electron chi connectivity index (χ1n) is 3.34. The van der Waals surface area contributed by atoms with Crippen LogP contribution in [0.3, 0.4) is 0 Å². The smallest absolute Gasteiger partial charge is 0.0237 e. The predicted octanol–water partition coefficient (Wildman–Crippen LogP) is 3.25. The van der Waals surface area contributed by atoms with Gasteiger partial charge in [-0.3, -0.25) is 0 Å². The van der Waals surface area contributed by atoms with Gasteiger partial charge in [0.1, 0.15) is 0 Å². The highest BCUT2D eigenvalue weighted by molar-refractivity contribution is 5.38. The molecule has 0 aliphatic rings. The minimum atomic E-state index is 1.14. The lowest BCUT2D eigenvalue weighted by Crippen LogP contribution is -1.77. The number of hydrogen-bond donors (Lipinski definition) is 0. The van der Waals surface area contributed by atoms with Crippen molar-refractivity contribution in [3.8, 4) is 0 Å². The van der Waals surface area contributed by atoms with E-state index in [1.807, 2.05) is 19.1 Å². The van der Waals surface area contributed by atoms with Crippen LogP contribution in [0.4, 0.5) is 0 Å². The minimum Gasteiger partial charge on any atom is -0.0990 e. The Kier molecular flexibility index (Phi) is 4.30. The zero-order valence-electron chi connectivity index (χ0n) is 6.72. The number of hydrogen-bond acceptors (Lipinski definition) is 0. The third kappa shape index (κ3) is 2.49. The highest BCUT2D eigenvalue weighted by atomic mass is 13.9. The van der Waals surface area contributed by atoms with Crippen molar-refractivity contribution in [2.75, 3.05) is 0 Å². The first-order chi connectivity index (χ1) is 4.76. The highest BCUT2D eigenvalue weighted by Crippen LogP contribution is 2.09. The van der Waals surface area contributed by atoms with E-state index in [-0.39, 0.29) is 0 Å². The molecule has 0 rings (SSSR count). The van der Waals surface area contributed by atoms with E-state index in [0.717, 1.165) is 5.57 Å². The van der Waals surface area contributed by atoms with Gasteiger partial charge in [-0.05, 0) is 25.0 Å². The van der Waals surface area contributed by atoms with Crippen LogP contribution in [-0.4, -0.2) is 0 Å². The van der Waals surface area contributed by atoms with Gasteiger partial charge in [-0.15, -0.1) is 0 Å². The summed E-state index contributed by atoms with van der Waals surface area (Å²) in [5, 5.41) is 0. The summed E-state index contributed by atoms with van der Waals surface area (Å²) >= 11 is 0. The van der Waals surface area contributed by atoms with Gasteiger partial charge in [0.05, 0.1) is 0 Å². The SMILES string of the molecule is C=C/C=C(C=C)/C(C)=C/C. The summed E-state index contributed by atoms with van der Waals surface area (Å²) in [4.78, 5) is 0. The Hall–Kier alpha value is -1.04. The van der Waals surface area contributed by atoms with Crippen molar-refractivity contribution in [3.05, 3.63) is 48.6 Å².